The summed E-state index contributed by atoms with van der Waals surface area (Å²) in [7, 11) is 0. The number of hydrogen-bond acceptors (Lipinski definition) is 5. The maximum Gasteiger partial charge on any atom is 0.336 e. The molecule has 4 rings (SSSR count). The van der Waals surface area contributed by atoms with Crippen LogP contribution < -0.4 is 5.43 Å². The van der Waals surface area contributed by atoms with Gasteiger partial charge in [0.1, 0.15) is 17.1 Å². The molecule has 2 aromatic rings. The molecule has 0 saturated heterocycles. The lowest BCUT2D eigenvalue weighted by atomic mass is 9.89. The monoisotopic (exact) mass is 388 g/mol. The molecule has 0 bridgehead atoms. The molecule has 0 saturated carbocycles. The van der Waals surface area contributed by atoms with Crippen molar-refractivity contribution in [3.63, 3.8) is 0 Å². The first-order valence-corrected chi connectivity index (χ1v) is 8.99. The first-order valence-electron chi connectivity index (χ1n) is 8.99. The van der Waals surface area contributed by atoms with Crippen molar-refractivity contribution in [3.05, 3.63) is 75.9 Å². The van der Waals surface area contributed by atoms with Gasteiger partial charge in [-0.1, -0.05) is 13.0 Å². The summed E-state index contributed by atoms with van der Waals surface area (Å²) in [5, 5.41) is 20.2. The number of benzene rings is 3. The number of carboxylic acids is 1. The van der Waals surface area contributed by atoms with Crippen molar-refractivity contribution in [1.82, 2.24) is 0 Å². The predicted octanol–water partition coefficient (Wildman–Crippen LogP) is 4.56. The van der Waals surface area contributed by atoms with E-state index in [1.165, 1.54) is 36.4 Å². The van der Waals surface area contributed by atoms with Crippen molar-refractivity contribution in [3.8, 4) is 28.2 Å². The Morgan fingerprint density at radius 2 is 1.76 bits per heavy atom. The largest absolute Gasteiger partial charge is 0.508 e. The van der Waals surface area contributed by atoms with Gasteiger partial charge < -0.3 is 14.6 Å². The second-order valence-electron chi connectivity index (χ2n) is 6.66. The third-order valence-electron chi connectivity index (χ3n) is 4.84. The van der Waals surface area contributed by atoms with E-state index in [-0.39, 0.29) is 34.7 Å². The molecule has 1 aliphatic heterocycles. The molecule has 0 fully saturated rings. The lowest BCUT2D eigenvalue weighted by molar-refractivity contribution is 0.0697. The molecule has 0 unspecified atom stereocenters. The molecule has 0 spiro atoms. The Morgan fingerprint density at radius 1 is 0.966 bits per heavy atom. The predicted molar refractivity (Wildman–Crippen MR) is 108 cm³/mol. The second-order valence-corrected chi connectivity index (χ2v) is 6.66. The fourth-order valence-electron chi connectivity index (χ4n) is 3.46. The van der Waals surface area contributed by atoms with E-state index in [2.05, 4.69) is 0 Å². The van der Waals surface area contributed by atoms with Crippen LogP contribution in [0.1, 0.15) is 34.1 Å². The van der Waals surface area contributed by atoms with Gasteiger partial charge in [0.15, 0.2) is 11.2 Å². The Morgan fingerprint density at radius 3 is 2.48 bits per heavy atom. The van der Waals surface area contributed by atoms with E-state index >= 15 is 0 Å². The van der Waals surface area contributed by atoms with Gasteiger partial charge in [-0.25, -0.2) is 4.79 Å². The summed E-state index contributed by atoms with van der Waals surface area (Å²) in [6.07, 6.45) is 0.283. The number of carbonyl (C=O) groups excluding carboxylic acids is 1. The first-order chi connectivity index (χ1) is 13.9. The Bertz CT molecular complexity index is 1310. The average Bonchev–Trinajstić information content (AvgIpc) is 2.70. The number of carboxylic acid groups (broad SMARTS) is 1. The van der Waals surface area contributed by atoms with Crippen molar-refractivity contribution >= 4 is 22.7 Å². The van der Waals surface area contributed by atoms with E-state index in [1.54, 1.807) is 25.1 Å². The van der Waals surface area contributed by atoms with Crippen molar-refractivity contribution in [1.29, 1.82) is 0 Å². The maximum absolute atomic E-state index is 12.3. The van der Waals surface area contributed by atoms with Gasteiger partial charge in [0, 0.05) is 40.6 Å². The van der Waals surface area contributed by atoms with Gasteiger partial charge in [-0.3, -0.25) is 9.59 Å². The minimum Gasteiger partial charge on any atom is -0.508 e. The smallest absolute Gasteiger partial charge is 0.336 e. The quantitative estimate of drug-likeness (QED) is 0.392. The Labute approximate surface area is 165 Å². The summed E-state index contributed by atoms with van der Waals surface area (Å²) in [5.41, 5.74) is 1.84. The molecular formula is C23H16O6. The third-order valence-corrected chi connectivity index (χ3v) is 4.84. The van der Waals surface area contributed by atoms with Gasteiger partial charge >= 0.3 is 5.97 Å². The van der Waals surface area contributed by atoms with Gasteiger partial charge in [-0.05, 0) is 42.0 Å². The van der Waals surface area contributed by atoms with E-state index in [4.69, 9.17) is 4.42 Å². The minimum atomic E-state index is -1.14. The van der Waals surface area contributed by atoms with E-state index in [1.807, 2.05) is 0 Å². The summed E-state index contributed by atoms with van der Waals surface area (Å²) in [4.78, 5) is 36.0. The topological polar surface area (TPSA) is 105 Å². The number of aromatic carboxylic acids is 1. The fraction of sp³-hybridized carbons (Fsp3) is 0.0870. The Balaban J connectivity index is 2.19. The molecule has 2 aliphatic rings. The summed E-state index contributed by atoms with van der Waals surface area (Å²) in [6.45, 7) is 1.73. The number of hydrogen-bond donors (Lipinski definition) is 2. The standard InChI is InChI=1S/C23H16O6/c1-2-19(26)12-3-6-15(23(27)28)18(9-12)22-16-7-4-13(24)10-20(16)29-21-11-14(25)5-8-17(21)22/h3-11,24H,2H2,1H3,(H,27,28). The highest BCUT2D eigenvalue weighted by atomic mass is 16.4. The van der Waals surface area contributed by atoms with Gasteiger partial charge in [-0.15, -0.1) is 0 Å². The third kappa shape index (κ3) is 3.14. The highest BCUT2D eigenvalue weighted by molar-refractivity contribution is 6.09. The molecule has 1 aliphatic carbocycles. The van der Waals surface area contributed by atoms with Gasteiger partial charge in [0.2, 0.25) is 0 Å². The lowest BCUT2D eigenvalue weighted by Gasteiger charge is -2.17. The molecule has 1 heterocycles. The average molecular weight is 388 g/mol. The van der Waals surface area contributed by atoms with Crippen molar-refractivity contribution in [2.75, 3.05) is 0 Å². The summed E-state index contributed by atoms with van der Waals surface area (Å²) >= 11 is 0. The zero-order valence-electron chi connectivity index (χ0n) is 15.4. The van der Waals surface area contributed by atoms with Crippen molar-refractivity contribution < 1.29 is 24.2 Å². The number of phenolic OH excluding ortho intramolecular Hbond substituents is 1. The number of fused-ring (bicyclic) bond motifs is 2. The lowest BCUT2D eigenvalue weighted by Crippen LogP contribution is -2.06. The fourth-order valence-corrected chi connectivity index (χ4v) is 3.46. The SMILES string of the molecule is CCC(=O)c1ccc(C(=O)O)c(-c2c3ccc(=O)cc-3oc3cc(O)ccc23)c1. The van der Waals surface area contributed by atoms with Gasteiger partial charge in [-0.2, -0.15) is 0 Å². The molecule has 6 nitrogen and oxygen atoms in total. The summed E-state index contributed by atoms with van der Waals surface area (Å²) < 4.78 is 5.79. The number of aromatic hydroxyl groups is 1. The molecule has 144 valence electrons. The van der Waals surface area contributed by atoms with Crippen LogP contribution in [0.3, 0.4) is 0 Å². The van der Waals surface area contributed by atoms with Crippen LogP contribution >= 0.6 is 0 Å². The molecule has 0 aromatic heterocycles. The molecule has 0 amide bonds. The number of ketones is 1. The minimum absolute atomic E-state index is 0.0192. The molecule has 2 aromatic carbocycles. The number of phenols is 1. The van der Waals surface area contributed by atoms with Crippen LogP contribution in [0.25, 0.3) is 33.4 Å². The maximum atomic E-state index is 12.3. The Kier molecular flexibility index (Phi) is 4.39. The van der Waals surface area contributed by atoms with Crippen molar-refractivity contribution in [2.24, 2.45) is 0 Å². The molecular weight excluding hydrogens is 372 g/mol. The number of rotatable bonds is 4. The van der Waals surface area contributed by atoms with Gasteiger partial charge in [0.05, 0.1) is 5.56 Å². The van der Waals surface area contributed by atoms with E-state index in [0.717, 1.165) is 0 Å². The molecule has 29 heavy (non-hydrogen) atoms. The number of Topliss-reactive ketones (excluding diaryl/α,β-unsaturated/α-hetero) is 1. The summed E-state index contributed by atoms with van der Waals surface area (Å²) in [6, 6.07) is 13.2. The van der Waals surface area contributed by atoms with Crippen LogP contribution in [-0.2, 0) is 0 Å². The number of carbonyl (C=O) groups is 2. The van der Waals surface area contributed by atoms with Crippen LogP contribution in [0.15, 0.2) is 63.8 Å². The second kappa shape index (κ2) is 6.91. The van der Waals surface area contributed by atoms with Crippen LogP contribution in [-0.4, -0.2) is 22.0 Å². The van der Waals surface area contributed by atoms with E-state index in [9.17, 15) is 24.6 Å². The molecule has 2 N–H and O–H groups in total. The zero-order chi connectivity index (χ0) is 20.7. The van der Waals surface area contributed by atoms with Crippen LogP contribution in [0, 0.1) is 0 Å². The highest BCUT2D eigenvalue weighted by Crippen LogP contribution is 2.42. The van der Waals surface area contributed by atoms with E-state index < -0.39 is 5.97 Å². The summed E-state index contributed by atoms with van der Waals surface area (Å²) in [5.74, 6) is -1.03. The molecule has 0 radical (unpaired) electrons. The van der Waals surface area contributed by atoms with E-state index in [0.29, 0.717) is 33.2 Å². The van der Waals surface area contributed by atoms with Crippen LogP contribution in [0.5, 0.6) is 5.75 Å². The van der Waals surface area contributed by atoms with Gasteiger partial charge in [0.25, 0.3) is 0 Å². The van der Waals surface area contributed by atoms with Crippen molar-refractivity contribution in [2.45, 2.75) is 13.3 Å². The zero-order valence-corrected chi connectivity index (χ0v) is 15.4. The van der Waals surface area contributed by atoms with Crippen LogP contribution in [0.4, 0.5) is 0 Å². The molecule has 0 atom stereocenters. The normalized spacial score (nSPS) is 11.1. The first kappa shape index (κ1) is 18.4. The van der Waals surface area contributed by atoms with Crippen LogP contribution in [0.2, 0.25) is 0 Å². The molecule has 6 heteroatoms. The highest BCUT2D eigenvalue weighted by Gasteiger charge is 2.23. The Hall–Kier alpha value is -3.93.